The number of hydrogen-bond acceptors (Lipinski definition) is 4. The molecule has 0 aromatic carbocycles. The number of aliphatic imine (C=N–C) groups is 1. The summed E-state index contributed by atoms with van der Waals surface area (Å²) in [4.78, 5) is 26.4. The van der Waals surface area contributed by atoms with E-state index in [9.17, 15) is 9.59 Å². The summed E-state index contributed by atoms with van der Waals surface area (Å²) in [6, 6.07) is 0. The number of Topliss-reactive ketones (excluding diaryl/α,β-unsaturated/α-hetero) is 1. The molecule has 1 atom stereocenters. The van der Waals surface area contributed by atoms with E-state index in [1.807, 2.05) is 0 Å². The molecule has 7 N–H and O–H groups in total. The Balaban J connectivity index is 4.47. The van der Waals surface area contributed by atoms with Crippen LogP contribution in [0.2, 0.25) is 0 Å². The molecule has 0 heterocycles. The van der Waals surface area contributed by atoms with Crippen molar-refractivity contribution in [2.45, 2.75) is 38.1 Å². The third-order valence-corrected chi connectivity index (χ3v) is 2.38. The van der Waals surface area contributed by atoms with E-state index < -0.39 is 17.3 Å². The maximum absolute atomic E-state index is 11.6. The molecule has 0 saturated carbocycles. The Morgan fingerprint density at radius 3 is 2.35 bits per heavy atom. The van der Waals surface area contributed by atoms with Crippen molar-refractivity contribution in [3.63, 3.8) is 0 Å². The van der Waals surface area contributed by atoms with Gasteiger partial charge in [-0.3, -0.25) is 9.79 Å². The summed E-state index contributed by atoms with van der Waals surface area (Å²) in [6.07, 6.45) is 1.10. The lowest BCUT2D eigenvalue weighted by atomic mass is 9.87. The highest BCUT2D eigenvalue weighted by Crippen LogP contribution is 2.15. The van der Waals surface area contributed by atoms with Crippen molar-refractivity contribution in [3.8, 4) is 0 Å². The monoisotopic (exact) mass is 244 g/mol. The maximum Gasteiger partial charge on any atom is 0.331 e. The van der Waals surface area contributed by atoms with E-state index >= 15 is 0 Å². The number of nitrogens with two attached hydrogens (primary N) is 3. The lowest BCUT2D eigenvalue weighted by Crippen LogP contribution is -2.54. The van der Waals surface area contributed by atoms with Crippen molar-refractivity contribution >= 4 is 17.7 Å². The van der Waals surface area contributed by atoms with Crippen LogP contribution in [0.1, 0.15) is 32.6 Å². The van der Waals surface area contributed by atoms with Crippen molar-refractivity contribution < 1.29 is 14.7 Å². The van der Waals surface area contributed by atoms with Gasteiger partial charge in [0.05, 0.1) is 0 Å². The highest BCUT2D eigenvalue weighted by atomic mass is 16.4. The number of guanidine groups is 1. The van der Waals surface area contributed by atoms with Gasteiger partial charge in [-0.05, 0) is 19.3 Å². The number of carboxylic acid groups (broad SMARTS) is 1. The Morgan fingerprint density at radius 1 is 1.35 bits per heavy atom. The van der Waals surface area contributed by atoms with Gasteiger partial charge in [-0.2, -0.15) is 0 Å². The molecule has 0 saturated heterocycles. The second-order valence-electron chi connectivity index (χ2n) is 3.86. The van der Waals surface area contributed by atoms with Crippen LogP contribution < -0.4 is 17.2 Å². The van der Waals surface area contributed by atoms with Crippen molar-refractivity contribution in [3.05, 3.63) is 0 Å². The number of nitrogens with zero attached hydrogens (tertiary/aromatic N) is 1. The molecule has 0 aliphatic carbocycles. The average Bonchev–Trinajstić information content (AvgIpc) is 2.23. The average molecular weight is 244 g/mol. The number of carbonyl (C=O) groups is 2. The lowest BCUT2D eigenvalue weighted by Gasteiger charge is -2.22. The Morgan fingerprint density at radius 2 is 1.94 bits per heavy atom. The summed E-state index contributed by atoms with van der Waals surface area (Å²) in [5, 5.41) is 9.01. The van der Waals surface area contributed by atoms with Crippen molar-refractivity contribution in [2.24, 2.45) is 22.2 Å². The van der Waals surface area contributed by atoms with Crippen LogP contribution in [0.3, 0.4) is 0 Å². The van der Waals surface area contributed by atoms with Crippen molar-refractivity contribution in [2.75, 3.05) is 6.54 Å². The van der Waals surface area contributed by atoms with Gasteiger partial charge in [0.2, 0.25) is 0 Å². The van der Waals surface area contributed by atoms with Gasteiger partial charge in [-0.25, -0.2) is 4.79 Å². The van der Waals surface area contributed by atoms with Crippen LogP contribution in [0.15, 0.2) is 4.99 Å². The molecule has 1 unspecified atom stereocenters. The fourth-order valence-electron chi connectivity index (χ4n) is 1.38. The number of aliphatic carboxylic acids is 1. The quantitative estimate of drug-likeness (QED) is 0.190. The van der Waals surface area contributed by atoms with E-state index in [0.717, 1.165) is 0 Å². The summed E-state index contributed by atoms with van der Waals surface area (Å²) in [6.45, 7) is 2.05. The second-order valence-corrected chi connectivity index (χ2v) is 3.86. The zero-order chi connectivity index (χ0) is 13.5. The fraction of sp³-hybridized carbons (Fsp3) is 0.700. The Bertz CT molecular complexity index is 313. The first kappa shape index (κ1) is 15.4. The largest absolute Gasteiger partial charge is 0.480 e. The maximum atomic E-state index is 11.6. The molecule has 0 aliphatic heterocycles. The first-order chi connectivity index (χ1) is 7.84. The molecule has 7 nitrogen and oxygen atoms in total. The third-order valence-electron chi connectivity index (χ3n) is 2.38. The molecule has 0 amide bonds. The van der Waals surface area contributed by atoms with Crippen molar-refractivity contribution in [1.29, 1.82) is 0 Å². The molecule has 0 bridgehead atoms. The van der Waals surface area contributed by atoms with E-state index in [1.165, 1.54) is 0 Å². The minimum atomic E-state index is -1.82. The van der Waals surface area contributed by atoms with Crippen LogP contribution >= 0.6 is 0 Å². The molecule has 0 fully saturated rings. The minimum absolute atomic E-state index is 0.0257. The van der Waals surface area contributed by atoms with Gasteiger partial charge < -0.3 is 22.3 Å². The molecule has 0 rings (SSSR count). The van der Waals surface area contributed by atoms with Crippen LogP contribution in [0, 0.1) is 0 Å². The third kappa shape index (κ3) is 4.81. The summed E-state index contributed by atoms with van der Waals surface area (Å²) in [7, 11) is 0. The summed E-state index contributed by atoms with van der Waals surface area (Å²) >= 11 is 0. The van der Waals surface area contributed by atoms with Gasteiger partial charge in [-0.15, -0.1) is 0 Å². The number of carboxylic acids is 1. The lowest BCUT2D eigenvalue weighted by molar-refractivity contribution is -0.148. The van der Waals surface area contributed by atoms with Crippen LogP contribution in [-0.4, -0.2) is 34.9 Å². The van der Waals surface area contributed by atoms with Gasteiger partial charge in [0.15, 0.2) is 17.3 Å². The molecule has 0 aliphatic rings. The van der Waals surface area contributed by atoms with E-state index in [-0.39, 0.29) is 25.3 Å². The Hall–Kier alpha value is -1.63. The second kappa shape index (κ2) is 6.85. The van der Waals surface area contributed by atoms with Crippen LogP contribution in [0.4, 0.5) is 0 Å². The predicted octanol–water partition coefficient (Wildman–Crippen LogP) is -0.809. The summed E-state index contributed by atoms with van der Waals surface area (Å²) in [5.74, 6) is -1.83. The number of carbonyl (C=O) groups excluding carboxylic acids is 1. The van der Waals surface area contributed by atoms with E-state index in [4.69, 9.17) is 22.3 Å². The molecular weight excluding hydrogens is 224 g/mol. The molecule has 0 spiro atoms. The minimum Gasteiger partial charge on any atom is -0.480 e. The zero-order valence-corrected chi connectivity index (χ0v) is 9.98. The normalized spacial score (nSPS) is 13.8. The Labute approximate surface area is 100 Å². The van der Waals surface area contributed by atoms with Crippen LogP contribution in [0.25, 0.3) is 0 Å². The topological polar surface area (TPSA) is 145 Å². The van der Waals surface area contributed by atoms with E-state index in [0.29, 0.717) is 12.8 Å². The van der Waals surface area contributed by atoms with Gasteiger partial charge in [0, 0.05) is 13.0 Å². The van der Waals surface area contributed by atoms with Gasteiger partial charge >= 0.3 is 5.97 Å². The molecule has 0 aromatic rings. The SMILES string of the molecule is CCCC(=O)C(N)(CCCN=C(N)N)C(=O)O. The first-order valence-corrected chi connectivity index (χ1v) is 5.45. The fourth-order valence-corrected chi connectivity index (χ4v) is 1.38. The highest BCUT2D eigenvalue weighted by Gasteiger charge is 2.40. The van der Waals surface area contributed by atoms with Gasteiger partial charge in [0.1, 0.15) is 0 Å². The molecular formula is C10H20N4O3. The van der Waals surface area contributed by atoms with Crippen LogP contribution in [-0.2, 0) is 9.59 Å². The van der Waals surface area contributed by atoms with Crippen molar-refractivity contribution in [1.82, 2.24) is 0 Å². The number of rotatable bonds is 8. The van der Waals surface area contributed by atoms with Gasteiger partial charge in [0.25, 0.3) is 0 Å². The summed E-state index contributed by atoms with van der Waals surface area (Å²) in [5.41, 5.74) is 14.0. The van der Waals surface area contributed by atoms with Gasteiger partial charge in [-0.1, -0.05) is 6.92 Å². The smallest absolute Gasteiger partial charge is 0.331 e. The number of ketones is 1. The van der Waals surface area contributed by atoms with Crippen LogP contribution in [0.5, 0.6) is 0 Å². The standard InChI is InChI=1S/C10H20N4O3/c1-2-4-7(15)10(13,8(16)17)5-3-6-14-9(11)12/h2-6,13H2,1H3,(H,16,17)(H4,11,12,14). The molecule has 0 radical (unpaired) electrons. The Kier molecular flexibility index (Phi) is 6.19. The zero-order valence-electron chi connectivity index (χ0n) is 9.98. The molecule has 0 aromatic heterocycles. The highest BCUT2D eigenvalue weighted by molar-refractivity contribution is 6.07. The first-order valence-electron chi connectivity index (χ1n) is 5.45. The molecule has 7 heteroatoms. The summed E-state index contributed by atoms with van der Waals surface area (Å²) < 4.78 is 0. The molecule has 17 heavy (non-hydrogen) atoms. The molecule has 98 valence electrons. The number of hydrogen-bond donors (Lipinski definition) is 4. The van der Waals surface area contributed by atoms with E-state index in [2.05, 4.69) is 4.99 Å². The predicted molar refractivity (Wildman–Crippen MR) is 64.4 cm³/mol. The van der Waals surface area contributed by atoms with E-state index in [1.54, 1.807) is 6.92 Å².